The molecule has 0 spiro atoms. The smallest absolute Gasteiger partial charge is 0.0991 e. The van der Waals surface area contributed by atoms with E-state index in [2.05, 4.69) is 57.1 Å². The first-order chi connectivity index (χ1) is 11.6. The predicted molar refractivity (Wildman–Crippen MR) is 124 cm³/mol. The Balaban J connectivity index is 0.000000340. The van der Waals surface area contributed by atoms with Crippen molar-refractivity contribution >= 4 is 80.5 Å². The summed E-state index contributed by atoms with van der Waals surface area (Å²) < 4.78 is 1.16. The topological polar surface area (TPSA) is 47.6 Å². The third kappa shape index (κ3) is 12.8. The van der Waals surface area contributed by atoms with Crippen LogP contribution in [-0.4, -0.2) is 0 Å². The van der Waals surface area contributed by atoms with Crippen molar-refractivity contribution in [3.63, 3.8) is 0 Å². The maximum Gasteiger partial charge on any atom is 0.0991 e. The maximum absolute atomic E-state index is 8.38. The van der Waals surface area contributed by atoms with Crippen LogP contribution in [0.3, 0.4) is 0 Å². The van der Waals surface area contributed by atoms with Crippen molar-refractivity contribution in [1.29, 1.82) is 10.5 Å². The van der Waals surface area contributed by atoms with E-state index in [1.807, 2.05) is 55.5 Å². The summed E-state index contributed by atoms with van der Waals surface area (Å²) >= 11 is 11.2. The van der Waals surface area contributed by atoms with Gasteiger partial charge in [0.25, 0.3) is 0 Å². The first-order valence-electron chi connectivity index (χ1n) is 6.11. The highest BCUT2D eigenvalue weighted by atomic mass is 127. The molecule has 0 saturated heterocycles. The van der Waals surface area contributed by atoms with Crippen LogP contribution in [-0.2, 0) is 57.9 Å². The standard InChI is InChI=1S/C8H7N.C7H4IN.S6/c1-7-2-4-8(6-9)5-3-7;8-7-3-1-6(5-9)2-4-7;1-3-5-6-4-2/h2-5H,1H3;1-4H;. The van der Waals surface area contributed by atoms with Gasteiger partial charge in [-0.25, -0.2) is 0 Å². The SMILES string of the molecule is Cc1ccc(C#N)cc1.N#Cc1ccc(I)cc1.S=S=S=S=S=S. The van der Waals surface area contributed by atoms with Crippen LogP contribution in [0, 0.1) is 33.2 Å². The van der Waals surface area contributed by atoms with Crippen LogP contribution in [0.5, 0.6) is 0 Å². The number of aryl methyl sites for hydroxylation is 1. The highest BCUT2D eigenvalue weighted by molar-refractivity contribution is 14.1. The van der Waals surface area contributed by atoms with E-state index in [1.165, 1.54) is 41.1 Å². The van der Waals surface area contributed by atoms with Gasteiger partial charge in [-0.2, -0.15) is 10.5 Å². The Hall–Kier alpha value is -0.530. The van der Waals surface area contributed by atoms with E-state index in [4.69, 9.17) is 10.5 Å². The summed E-state index contributed by atoms with van der Waals surface area (Å²) in [7, 11) is 5.63. The largest absolute Gasteiger partial charge is 0.192 e. The van der Waals surface area contributed by atoms with Crippen molar-refractivity contribution < 1.29 is 0 Å². The molecular weight excluding hydrogens is 527 g/mol. The first kappa shape index (κ1) is 23.5. The predicted octanol–water partition coefficient (Wildman–Crippen LogP) is 4.02. The molecule has 24 heavy (non-hydrogen) atoms. The number of halogens is 1. The highest BCUT2D eigenvalue weighted by Gasteiger charge is 1.86. The molecule has 0 aromatic heterocycles. The second kappa shape index (κ2) is 16.0. The quantitative estimate of drug-likeness (QED) is 0.476. The van der Waals surface area contributed by atoms with E-state index in [-0.39, 0.29) is 0 Å². The summed E-state index contributed by atoms with van der Waals surface area (Å²) in [5, 5.41) is 16.8. The van der Waals surface area contributed by atoms with Crippen LogP contribution in [0.15, 0.2) is 48.5 Å². The zero-order chi connectivity index (χ0) is 18.2. The first-order valence-corrected chi connectivity index (χ1v) is 13.9. The second-order valence-corrected chi connectivity index (χ2v) is 12.2. The van der Waals surface area contributed by atoms with E-state index < -0.39 is 0 Å². The fourth-order valence-corrected chi connectivity index (χ4v) is 7.02. The molecule has 0 unspecified atom stereocenters. The molecule has 0 amide bonds. The van der Waals surface area contributed by atoms with E-state index >= 15 is 0 Å². The van der Waals surface area contributed by atoms with Crippen LogP contribution in [0.2, 0.25) is 0 Å². The monoisotopic (exact) mass is 538 g/mol. The Morgan fingerprint density at radius 1 is 0.792 bits per heavy atom. The molecule has 0 fully saturated rings. The molecule has 0 aliphatic heterocycles. The lowest BCUT2D eigenvalue weighted by Gasteiger charge is -1.88. The average Bonchev–Trinajstić information content (AvgIpc) is 2.62. The number of nitrogens with zero attached hydrogens (tertiary/aromatic N) is 2. The van der Waals surface area contributed by atoms with Gasteiger partial charge in [0.15, 0.2) is 0 Å². The fourth-order valence-electron chi connectivity index (χ4n) is 1.18. The van der Waals surface area contributed by atoms with Crippen LogP contribution < -0.4 is 0 Å². The molecule has 124 valence electrons. The minimum Gasteiger partial charge on any atom is -0.192 e. The number of nitriles is 2. The maximum atomic E-state index is 8.38. The summed E-state index contributed by atoms with van der Waals surface area (Å²) in [6, 6.07) is 19.0. The Bertz CT molecular complexity index is 798. The Morgan fingerprint density at radius 2 is 1.17 bits per heavy atom. The van der Waals surface area contributed by atoms with Gasteiger partial charge in [-0.1, -0.05) is 17.7 Å². The number of hydrogen-bond acceptors (Lipinski definition) is 4. The normalized spacial score (nSPS) is 7.83. The molecule has 0 heterocycles. The molecule has 0 N–H and O–H groups in total. The molecule has 2 aromatic rings. The van der Waals surface area contributed by atoms with Crippen LogP contribution in [0.25, 0.3) is 0 Å². The second-order valence-electron chi connectivity index (χ2n) is 3.87. The zero-order valence-corrected chi connectivity index (χ0v) is 19.4. The zero-order valence-electron chi connectivity index (χ0n) is 12.3. The molecular formula is C15H11IN2S6. The molecule has 0 aliphatic rings. The van der Waals surface area contributed by atoms with Gasteiger partial charge >= 0.3 is 0 Å². The van der Waals surface area contributed by atoms with Crippen molar-refractivity contribution in [2.45, 2.75) is 6.92 Å². The lowest BCUT2D eigenvalue weighted by Crippen LogP contribution is -1.72. The molecule has 9 heteroatoms. The van der Waals surface area contributed by atoms with Gasteiger partial charge in [0.2, 0.25) is 0 Å². The Kier molecular flexibility index (Phi) is 15.6. The molecule has 0 radical (unpaired) electrons. The third-order valence-electron chi connectivity index (χ3n) is 2.24. The molecule has 0 atom stereocenters. The van der Waals surface area contributed by atoms with Gasteiger partial charge in [0.1, 0.15) is 0 Å². The lowest BCUT2D eigenvalue weighted by atomic mass is 10.2. The minimum atomic E-state index is 0.718. The molecule has 2 nitrogen and oxygen atoms in total. The molecule has 0 aliphatic carbocycles. The molecule has 0 saturated carbocycles. The molecule has 0 bridgehead atoms. The summed E-state index contributed by atoms with van der Waals surface area (Å²) in [6.45, 7) is 2.00. The van der Waals surface area contributed by atoms with E-state index in [0.717, 1.165) is 14.7 Å². The lowest BCUT2D eigenvalue weighted by molar-refractivity contribution is 1.43. The van der Waals surface area contributed by atoms with Crippen LogP contribution in [0.1, 0.15) is 16.7 Å². The molecule has 2 rings (SSSR count). The Labute approximate surface area is 177 Å². The van der Waals surface area contributed by atoms with Gasteiger partial charge in [-0.3, -0.25) is 0 Å². The van der Waals surface area contributed by atoms with Crippen LogP contribution in [0.4, 0.5) is 0 Å². The van der Waals surface area contributed by atoms with Gasteiger partial charge in [0, 0.05) is 61.5 Å². The minimum absolute atomic E-state index is 0.718. The van der Waals surface area contributed by atoms with Gasteiger partial charge in [-0.05, 0) is 65.9 Å². The molecule has 2 aromatic carbocycles. The van der Waals surface area contributed by atoms with Crippen molar-refractivity contribution in [3.05, 3.63) is 68.8 Å². The van der Waals surface area contributed by atoms with Gasteiger partial charge in [0.05, 0.1) is 23.3 Å². The summed E-state index contributed by atoms with van der Waals surface area (Å²) in [6.07, 6.45) is 0. The summed E-state index contributed by atoms with van der Waals surface area (Å²) in [4.78, 5) is 0. The van der Waals surface area contributed by atoms with Crippen molar-refractivity contribution in [2.75, 3.05) is 0 Å². The van der Waals surface area contributed by atoms with Crippen molar-refractivity contribution in [1.82, 2.24) is 0 Å². The van der Waals surface area contributed by atoms with E-state index in [1.54, 1.807) is 0 Å². The number of benzene rings is 2. The van der Waals surface area contributed by atoms with Crippen LogP contribution >= 0.6 is 22.6 Å². The fraction of sp³-hybridized carbons (Fsp3) is 0.0667. The van der Waals surface area contributed by atoms with E-state index in [9.17, 15) is 0 Å². The average molecular weight is 539 g/mol. The summed E-state index contributed by atoms with van der Waals surface area (Å²) in [5.74, 6) is 0. The highest BCUT2D eigenvalue weighted by Crippen LogP contribution is 2.04. The third-order valence-corrected chi connectivity index (χ3v) is 9.62. The number of hydrogen-bond donors (Lipinski definition) is 0. The number of rotatable bonds is 0. The Morgan fingerprint density at radius 3 is 1.50 bits per heavy atom. The van der Waals surface area contributed by atoms with Crippen molar-refractivity contribution in [2.24, 2.45) is 0 Å². The van der Waals surface area contributed by atoms with Gasteiger partial charge in [-0.15, -0.1) is 0 Å². The van der Waals surface area contributed by atoms with Crippen molar-refractivity contribution in [3.8, 4) is 12.1 Å². The summed E-state index contributed by atoms with van der Waals surface area (Å²) in [5.41, 5.74) is 2.63. The van der Waals surface area contributed by atoms with E-state index in [0.29, 0.717) is 0 Å². The van der Waals surface area contributed by atoms with Gasteiger partial charge < -0.3 is 0 Å².